The maximum absolute atomic E-state index is 12.0. The molecule has 5 nitrogen and oxygen atoms in total. The van der Waals surface area contributed by atoms with Crippen LogP contribution in [-0.2, 0) is 0 Å². The average Bonchev–Trinajstić information content (AvgIpc) is 3.03. The van der Waals surface area contributed by atoms with Crippen LogP contribution >= 0.6 is 0 Å². The smallest absolute Gasteiger partial charge is 0.274 e. The molecule has 2 aromatic heterocycles. The number of carbonyl (C=O) groups excluding carboxylic acids is 1. The van der Waals surface area contributed by atoms with E-state index >= 15 is 0 Å². The zero-order chi connectivity index (χ0) is 13.8. The second-order valence-electron chi connectivity index (χ2n) is 4.22. The molecule has 0 aliphatic rings. The third-order valence-corrected chi connectivity index (χ3v) is 2.83. The molecular weight excluding hydrogens is 252 g/mol. The lowest BCUT2D eigenvalue weighted by atomic mass is 10.1. The van der Waals surface area contributed by atoms with E-state index in [-0.39, 0.29) is 5.91 Å². The Morgan fingerprint density at radius 1 is 1.05 bits per heavy atom. The van der Waals surface area contributed by atoms with Crippen LogP contribution in [0.4, 0.5) is 5.69 Å². The van der Waals surface area contributed by atoms with Gasteiger partial charge in [0.05, 0.1) is 5.69 Å². The number of nitrogens with zero attached hydrogens (tertiary/aromatic N) is 2. The zero-order valence-corrected chi connectivity index (χ0v) is 10.6. The molecule has 5 heteroatoms. The minimum atomic E-state index is -0.229. The molecule has 2 N–H and O–H groups in total. The molecule has 1 amide bonds. The first-order valence-corrected chi connectivity index (χ1v) is 6.15. The van der Waals surface area contributed by atoms with E-state index in [9.17, 15) is 4.79 Å². The van der Waals surface area contributed by atoms with Crippen molar-refractivity contribution in [3.05, 3.63) is 66.6 Å². The Kier molecular flexibility index (Phi) is 3.24. The summed E-state index contributed by atoms with van der Waals surface area (Å²) in [7, 11) is 0. The number of pyridine rings is 1. The highest BCUT2D eigenvalue weighted by molar-refractivity contribution is 6.03. The minimum Gasteiger partial charge on any atom is -0.321 e. The molecule has 0 fully saturated rings. The predicted molar refractivity (Wildman–Crippen MR) is 76.2 cm³/mol. The first kappa shape index (κ1) is 12.1. The van der Waals surface area contributed by atoms with E-state index < -0.39 is 0 Å². The van der Waals surface area contributed by atoms with Crippen molar-refractivity contribution in [2.24, 2.45) is 0 Å². The third-order valence-electron chi connectivity index (χ3n) is 2.83. The zero-order valence-electron chi connectivity index (χ0n) is 10.6. The third kappa shape index (κ3) is 2.56. The van der Waals surface area contributed by atoms with E-state index in [4.69, 9.17) is 0 Å². The normalized spacial score (nSPS) is 10.2. The molecule has 3 aromatic rings. The number of benzene rings is 1. The highest BCUT2D eigenvalue weighted by atomic mass is 16.1. The van der Waals surface area contributed by atoms with E-state index in [2.05, 4.69) is 20.5 Å². The van der Waals surface area contributed by atoms with Gasteiger partial charge in [-0.05, 0) is 30.3 Å². The maximum Gasteiger partial charge on any atom is 0.274 e. The van der Waals surface area contributed by atoms with Crippen molar-refractivity contribution in [3.8, 4) is 11.3 Å². The Balaban J connectivity index is 1.82. The van der Waals surface area contributed by atoms with Crippen molar-refractivity contribution >= 4 is 11.6 Å². The van der Waals surface area contributed by atoms with Gasteiger partial charge < -0.3 is 5.32 Å². The summed E-state index contributed by atoms with van der Waals surface area (Å²) in [6.45, 7) is 0. The van der Waals surface area contributed by atoms with Gasteiger partial charge in [0, 0.05) is 23.6 Å². The molecule has 0 atom stereocenters. The number of H-pyrrole nitrogens is 1. The summed E-state index contributed by atoms with van der Waals surface area (Å²) < 4.78 is 0. The summed E-state index contributed by atoms with van der Waals surface area (Å²) >= 11 is 0. The fourth-order valence-electron chi connectivity index (χ4n) is 1.87. The molecule has 2 heterocycles. The fraction of sp³-hybridized carbons (Fsp3) is 0. The van der Waals surface area contributed by atoms with Gasteiger partial charge in [-0.1, -0.05) is 18.2 Å². The Morgan fingerprint density at radius 2 is 2.00 bits per heavy atom. The second-order valence-corrected chi connectivity index (χ2v) is 4.22. The molecule has 0 radical (unpaired) electrons. The molecule has 20 heavy (non-hydrogen) atoms. The average molecular weight is 264 g/mol. The molecule has 0 bridgehead atoms. The Hall–Kier alpha value is -2.95. The van der Waals surface area contributed by atoms with Gasteiger partial charge in [-0.3, -0.25) is 14.9 Å². The van der Waals surface area contributed by atoms with Gasteiger partial charge in [0.2, 0.25) is 0 Å². The van der Waals surface area contributed by atoms with Crippen molar-refractivity contribution in [1.82, 2.24) is 15.2 Å². The highest BCUT2D eigenvalue weighted by Gasteiger charge is 2.07. The monoisotopic (exact) mass is 264 g/mol. The van der Waals surface area contributed by atoms with Gasteiger partial charge in [0.15, 0.2) is 0 Å². The number of hydrogen-bond acceptors (Lipinski definition) is 3. The number of aromatic amines is 1. The quantitative estimate of drug-likeness (QED) is 0.764. The Bertz CT molecular complexity index is 708. The van der Waals surface area contributed by atoms with Crippen molar-refractivity contribution in [2.75, 3.05) is 5.32 Å². The molecule has 98 valence electrons. The van der Waals surface area contributed by atoms with Crippen LogP contribution in [0, 0.1) is 0 Å². The fourth-order valence-corrected chi connectivity index (χ4v) is 1.87. The molecule has 0 saturated heterocycles. The molecule has 0 unspecified atom stereocenters. The molecule has 1 aromatic carbocycles. The number of nitrogens with one attached hydrogen (secondary N) is 2. The van der Waals surface area contributed by atoms with E-state index in [1.54, 1.807) is 30.6 Å². The van der Waals surface area contributed by atoms with Crippen molar-refractivity contribution < 1.29 is 4.79 Å². The summed E-state index contributed by atoms with van der Waals surface area (Å²) in [5, 5.41) is 9.63. The molecule has 0 aliphatic heterocycles. The first-order valence-electron chi connectivity index (χ1n) is 6.15. The van der Waals surface area contributed by atoms with Crippen LogP contribution in [0.2, 0.25) is 0 Å². The van der Waals surface area contributed by atoms with Crippen LogP contribution in [-0.4, -0.2) is 21.1 Å². The van der Waals surface area contributed by atoms with Crippen LogP contribution in [0.25, 0.3) is 11.3 Å². The van der Waals surface area contributed by atoms with Crippen LogP contribution in [0.15, 0.2) is 60.9 Å². The largest absolute Gasteiger partial charge is 0.321 e. The van der Waals surface area contributed by atoms with Crippen molar-refractivity contribution in [2.45, 2.75) is 0 Å². The first-order chi connectivity index (χ1) is 9.83. The van der Waals surface area contributed by atoms with E-state index in [1.165, 1.54) is 0 Å². The SMILES string of the molecule is O=C(Nc1cccc(-c2ccn[nH]2)c1)c1ccccn1. The highest BCUT2D eigenvalue weighted by Crippen LogP contribution is 2.20. The number of amides is 1. The maximum atomic E-state index is 12.0. The number of hydrogen-bond donors (Lipinski definition) is 2. The second kappa shape index (κ2) is 5.36. The van der Waals surface area contributed by atoms with Crippen LogP contribution in [0.1, 0.15) is 10.5 Å². The van der Waals surface area contributed by atoms with Gasteiger partial charge in [0.1, 0.15) is 5.69 Å². The van der Waals surface area contributed by atoms with Gasteiger partial charge in [0.25, 0.3) is 5.91 Å². The van der Waals surface area contributed by atoms with Gasteiger partial charge in [-0.25, -0.2) is 0 Å². The van der Waals surface area contributed by atoms with E-state index in [0.717, 1.165) is 11.3 Å². The molecule has 0 saturated carbocycles. The molecular formula is C15H12N4O. The summed E-state index contributed by atoms with van der Waals surface area (Å²) in [5.41, 5.74) is 2.97. The standard InChI is InChI=1S/C15H12N4O/c20-15(14-6-1-2-8-16-14)18-12-5-3-4-11(10-12)13-7-9-17-19-13/h1-10H,(H,17,19)(H,18,20). The molecule has 0 spiro atoms. The van der Waals surface area contributed by atoms with E-state index in [0.29, 0.717) is 11.4 Å². The lowest BCUT2D eigenvalue weighted by molar-refractivity contribution is 0.102. The number of rotatable bonds is 3. The Labute approximate surface area is 115 Å². The predicted octanol–water partition coefficient (Wildman–Crippen LogP) is 2.72. The summed E-state index contributed by atoms with van der Waals surface area (Å²) in [5.74, 6) is -0.229. The van der Waals surface area contributed by atoms with Crippen LogP contribution in [0.3, 0.4) is 0 Å². The van der Waals surface area contributed by atoms with Gasteiger partial charge in [-0.2, -0.15) is 5.10 Å². The summed E-state index contributed by atoms with van der Waals surface area (Å²) in [6.07, 6.45) is 3.28. The van der Waals surface area contributed by atoms with E-state index in [1.807, 2.05) is 30.3 Å². The number of aromatic nitrogens is 3. The lowest BCUT2D eigenvalue weighted by Gasteiger charge is -2.06. The van der Waals surface area contributed by atoms with Crippen molar-refractivity contribution in [3.63, 3.8) is 0 Å². The molecule has 0 aliphatic carbocycles. The minimum absolute atomic E-state index is 0.229. The van der Waals surface area contributed by atoms with Crippen LogP contribution in [0.5, 0.6) is 0 Å². The topological polar surface area (TPSA) is 70.7 Å². The van der Waals surface area contributed by atoms with Gasteiger partial charge in [-0.15, -0.1) is 0 Å². The number of carbonyl (C=O) groups is 1. The van der Waals surface area contributed by atoms with Crippen molar-refractivity contribution in [1.29, 1.82) is 0 Å². The molecule has 3 rings (SSSR count). The number of anilines is 1. The Morgan fingerprint density at radius 3 is 2.75 bits per heavy atom. The summed E-state index contributed by atoms with van der Waals surface area (Å²) in [6, 6.07) is 14.6. The van der Waals surface area contributed by atoms with Gasteiger partial charge >= 0.3 is 0 Å². The van der Waals surface area contributed by atoms with Crippen LogP contribution < -0.4 is 5.32 Å². The summed E-state index contributed by atoms with van der Waals surface area (Å²) in [4.78, 5) is 16.0. The lowest BCUT2D eigenvalue weighted by Crippen LogP contribution is -2.13.